The molecule has 0 saturated carbocycles. The molecule has 18 heavy (non-hydrogen) atoms. The maximum absolute atomic E-state index is 13.6. The van der Waals surface area contributed by atoms with Crippen LogP contribution < -0.4 is 5.32 Å². The zero-order valence-corrected chi connectivity index (χ0v) is 10.6. The van der Waals surface area contributed by atoms with Crippen molar-refractivity contribution in [2.45, 2.75) is 6.43 Å². The molecule has 0 spiro atoms. The Morgan fingerprint density at radius 2 is 1.94 bits per heavy atom. The summed E-state index contributed by atoms with van der Waals surface area (Å²) < 4.78 is 38.9. The smallest absolute Gasteiger partial charge is 0.280 e. The first-order valence-electron chi connectivity index (χ1n) is 4.89. The maximum atomic E-state index is 13.6. The lowest BCUT2D eigenvalue weighted by Gasteiger charge is -2.11. The lowest BCUT2D eigenvalue weighted by atomic mass is 10.1. The van der Waals surface area contributed by atoms with E-state index < -0.39 is 17.9 Å². The average molecular weight is 295 g/mol. The lowest BCUT2D eigenvalue weighted by molar-refractivity contribution is 0.146. The molecule has 0 aliphatic heterocycles. The molecule has 0 fully saturated rings. The van der Waals surface area contributed by atoms with Gasteiger partial charge in [-0.05, 0) is 12.1 Å². The Kier molecular flexibility index (Phi) is 3.54. The van der Waals surface area contributed by atoms with Crippen molar-refractivity contribution in [1.29, 1.82) is 0 Å². The van der Waals surface area contributed by atoms with Gasteiger partial charge in [0.1, 0.15) is 5.69 Å². The number of alkyl halides is 2. The molecule has 0 atom stereocenters. The Morgan fingerprint density at radius 3 is 2.50 bits per heavy atom. The Bertz CT molecular complexity index is 617. The fourth-order valence-corrected chi connectivity index (χ4v) is 2.17. The molecule has 2 rings (SSSR count). The van der Waals surface area contributed by atoms with Crippen molar-refractivity contribution >= 4 is 39.8 Å². The second-order valence-corrected chi connectivity index (χ2v) is 4.31. The molecular formula is C11H7Cl2F3N2. The van der Waals surface area contributed by atoms with Crippen molar-refractivity contribution in [2.24, 2.45) is 0 Å². The van der Waals surface area contributed by atoms with Gasteiger partial charge in [0.15, 0.2) is 5.82 Å². The van der Waals surface area contributed by atoms with E-state index in [1.165, 1.54) is 13.1 Å². The first-order chi connectivity index (χ1) is 8.45. The second kappa shape index (κ2) is 4.82. The second-order valence-electron chi connectivity index (χ2n) is 3.53. The number of aromatic nitrogens is 1. The van der Waals surface area contributed by atoms with Crippen LogP contribution in [0, 0.1) is 5.82 Å². The van der Waals surface area contributed by atoms with Crippen molar-refractivity contribution < 1.29 is 13.2 Å². The summed E-state index contributed by atoms with van der Waals surface area (Å²) in [6, 6.07) is 2.30. The highest BCUT2D eigenvalue weighted by atomic mass is 35.5. The molecule has 0 radical (unpaired) electrons. The lowest BCUT2D eigenvalue weighted by Crippen LogP contribution is -1.98. The number of nitrogens with zero attached hydrogens (tertiary/aromatic N) is 1. The van der Waals surface area contributed by atoms with Crippen LogP contribution in [0.25, 0.3) is 10.9 Å². The Balaban J connectivity index is 2.88. The third kappa shape index (κ3) is 2.08. The molecule has 0 saturated heterocycles. The van der Waals surface area contributed by atoms with E-state index in [1.807, 2.05) is 0 Å². The van der Waals surface area contributed by atoms with Crippen LogP contribution in [0.5, 0.6) is 0 Å². The van der Waals surface area contributed by atoms with Crippen LogP contribution in [0.4, 0.5) is 18.9 Å². The Labute approximate surface area is 111 Å². The number of nitrogens with one attached hydrogen (secondary N) is 1. The van der Waals surface area contributed by atoms with Gasteiger partial charge in [0, 0.05) is 18.1 Å². The number of benzene rings is 1. The van der Waals surface area contributed by atoms with E-state index in [9.17, 15) is 13.2 Å². The summed E-state index contributed by atoms with van der Waals surface area (Å²) in [6.45, 7) is 0. The molecule has 1 aromatic carbocycles. The van der Waals surface area contributed by atoms with Crippen LogP contribution in [-0.4, -0.2) is 12.0 Å². The van der Waals surface area contributed by atoms with E-state index in [1.54, 1.807) is 0 Å². The highest BCUT2D eigenvalue weighted by molar-refractivity contribution is 6.39. The number of halogens is 5. The highest BCUT2D eigenvalue weighted by Gasteiger charge is 2.18. The van der Waals surface area contributed by atoms with E-state index in [-0.39, 0.29) is 26.6 Å². The fraction of sp³-hybridized carbons (Fsp3) is 0.182. The third-order valence-corrected chi connectivity index (χ3v) is 3.08. The molecule has 2 nitrogen and oxygen atoms in total. The Morgan fingerprint density at radius 1 is 1.28 bits per heavy atom. The summed E-state index contributed by atoms with van der Waals surface area (Å²) in [6.07, 6.45) is -2.73. The quantitative estimate of drug-likeness (QED) is 0.815. The molecule has 1 heterocycles. The van der Waals surface area contributed by atoms with Gasteiger partial charge in [-0.25, -0.2) is 18.2 Å². The molecule has 1 N–H and O–H groups in total. The van der Waals surface area contributed by atoms with E-state index in [4.69, 9.17) is 23.2 Å². The van der Waals surface area contributed by atoms with Crippen molar-refractivity contribution in [3.05, 3.63) is 33.7 Å². The predicted octanol–water partition coefficient (Wildman–Crippen LogP) is 4.66. The Hall–Kier alpha value is -1.20. The van der Waals surface area contributed by atoms with E-state index >= 15 is 0 Å². The summed E-state index contributed by atoms with van der Waals surface area (Å²) in [5.41, 5.74) is -0.0324. The SMILES string of the molecule is CNc1cc(C(F)F)nc2cc(Cl)c(F)c(Cl)c12. The van der Waals surface area contributed by atoms with Gasteiger partial charge in [0.05, 0.1) is 15.6 Å². The van der Waals surface area contributed by atoms with Gasteiger partial charge in [-0.2, -0.15) is 0 Å². The zero-order chi connectivity index (χ0) is 13.4. The number of hydrogen-bond donors (Lipinski definition) is 1. The predicted molar refractivity (Wildman–Crippen MR) is 66.2 cm³/mol. The van der Waals surface area contributed by atoms with E-state index in [0.29, 0.717) is 0 Å². The van der Waals surface area contributed by atoms with Crippen LogP contribution in [-0.2, 0) is 0 Å². The van der Waals surface area contributed by atoms with Crippen molar-refractivity contribution in [3.8, 4) is 0 Å². The number of fused-ring (bicyclic) bond motifs is 1. The highest BCUT2D eigenvalue weighted by Crippen LogP contribution is 2.37. The standard InChI is InChI=1S/C11H7Cl2F3N2/c1-17-5-3-7(11(15)16)18-6-2-4(12)10(14)9(13)8(5)6/h2-3,11H,1H3,(H,17,18). The van der Waals surface area contributed by atoms with Gasteiger partial charge in [-0.3, -0.25) is 0 Å². The average Bonchev–Trinajstić information content (AvgIpc) is 2.34. The van der Waals surface area contributed by atoms with Gasteiger partial charge in [0.25, 0.3) is 6.43 Å². The molecule has 7 heteroatoms. The van der Waals surface area contributed by atoms with Crippen molar-refractivity contribution in [3.63, 3.8) is 0 Å². The normalized spacial score (nSPS) is 11.3. The molecule has 2 aromatic rings. The maximum Gasteiger partial charge on any atom is 0.280 e. The topological polar surface area (TPSA) is 24.9 Å². The van der Waals surface area contributed by atoms with Gasteiger partial charge in [-0.15, -0.1) is 0 Å². The first kappa shape index (κ1) is 13.2. The van der Waals surface area contributed by atoms with Crippen molar-refractivity contribution in [2.75, 3.05) is 12.4 Å². The summed E-state index contributed by atoms with van der Waals surface area (Å²) >= 11 is 11.4. The van der Waals surface area contributed by atoms with Crippen LogP contribution >= 0.6 is 23.2 Å². The van der Waals surface area contributed by atoms with Gasteiger partial charge in [-0.1, -0.05) is 23.2 Å². The summed E-state index contributed by atoms with van der Waals surface area (Å²) in [5, 5.41) is 2.42. The van der Waals surface area contributed by atoms with Crippen LogP contribution in [0.15, 0.2) is 12.1 Å². The molecule has 0 bridgehead atoms. The number of rotatable bonds is 2. The first-order valence-corrected chi connectivity index (χ1v) is 5.65. The molecule has 0 aliphatic rings. The fourth-order valence-electron chi connectivity index (χ4n) is 1.63. The van der Waals surface area contributed by atoms with Crippen LogP contribution in [0.2, 0.25) is 10.0 Å². The van der Waals surface area contributed by atoms with Gasteiger partial charge < -0.3 is 5.32 Å². The minimum Gasteiger partial charge on any atom is -0.387 e. The third-order valence-electron chi connectivity index (χ3n) is 2.45. The largest absolute Gasteiger partial charge is 0.387 e. The minimum atomic E-state index is -2.73. The van der Waals surface area contributed by atoms with E-state index in [0.717, 1.165) is 6.07 Å². The van der Waals surface area contributed by atoms with Crippen molar-refractivity contribution in [1.82, 2.24) is 4.98 Å². The van der Waals surface area contributed by atoms with Crippen LogP contribution in [0.1, 0.15) is 12.1 Å². The van der Waals surface area contributed by atoms with Gasteiger partial charge in [0.2, 0.25) is 0 Å². The minimum absolute atomic E-state index is 0.119. The number of anilines is 1. The molecule has 96 valence electrons. The van der Waals surface area contributed by atoms with E-state index in [2.05, 4.69) is 10.3 Å². The number of pyridine rings is 1. The zero-order valence-electron chi connectivity index (χ0n) is 9.07. The van der Waals surface area contributed by atoms with Crippen LogP contribution in [0.3, 0.4) is 0 Å². The summed E-state index contributed by atoms with van der Waals surface area (Å²) in [5.74, 6) is -0.797. The molecular weight excluding hydrogens is 288 g/mol. The molecule has 0 unspecified atom stereocenters. The molecule has 1 aromatic heterocycles. The van der Waals surface area contributed by atoms with Gasteiger partial charge >= 0.3 is 0 Å². The summed E-state index contributed by atoms with van der Waals surface area (Å²) in [7, 11) is 1.52. The number of hydrogen-bond acceptors (Lipinski definition) is 2. The monoisotopic (exact) mass is 294 g/mol. The molecule has 0 amide bonds. The summed E-state index contributed by atoms with van der Waals surface area (Å²) in [4.78, 5) is 3.72. The molecule has 0 aliphatic carbocycles.